The highest BCUT2D eigenvalue weighted by Gasteiger charge is 2.43. The Balaban J connectivity index is 2.36. The molecule has 0 unspecified atom stereocenters. The molecule has 0 aliphatic heterocycles. The standard InChI is InChI=1S/C16H14BrF2NO3S/c1-16(2,24(22,23)12-6-3-10(17)4-7-12)15(21)20-14-9-11(18)5-8-13(14)19/h3-9H,1-2H3,(H,20,21). The molecule has 0 saturated carbocycles. The molecule has 0 aliphatic rings. The molecule has 4 nitrogen and oxygen atoms in total. The molecule has 8 heteroatoms. The maximum absolute atomic E-state index is 13.6. The second-order valence-corrected chi connectivity index (χ2v) is 8.96. The van der Waals surface area contributed by atoms with Crippen molar-refractivity contribution in [2.45, 2.75) is 23.5 Å². The first-order valence-corrected chi connectivity index (χ1v) is 9.10. The predicted octanol–water partition coefficient (Wildman–Crippen LogP) is 3.92. The summed E-state index contributed by atoms with van der Waals surface area (Å²) in [7, 11) is -4.05. The zero-order valence-corrected chi connectivity index (χ0v) is 15.2. The van der Waals surface area contributed by atoms with Crippen LogP contribution in [0.4, 0.5) is 14.5 Å². The molecule has 0 fully saturated rings. The van der Waals surface area contributed by atoms with Gasteiger partial charge in [-0.2, -0.15) is 0 Å². The maximum atomic E-state index is 13.6. The molecule has 2 aromatic carbocycles. The summed E-state index contributed by atoms with van der Waals surface area (Å²) in [5, 5.41) is 2.14. The number of halogens is 3. The van der Waals surface area contributed by atoms with Crippen molar-refractivity contribution in [1.29, 1.82) is 0 Å². The third-order valence-corrected chi connectivity index (χ3v) is 6.47. The average Bonchev–Trinajstić information content (AvgIpc) is 2.51. The summed E-state index contributed by atoms with van der Waals surface area (Å²) >= 11 is 3.20. The Labute approximate surface area is 146 Å². The van der Waals surface area contributed by atoms with Crippen molar-refractivity contribution in [2.24, 2.45) is 0 Å². The first kappa shape index (κ1) is 18.5. The Morgan fingerprint density at radius 3 is 2.25 bits per heavy atom. The van der Waals surface area contributed by atoms with Gasteiger partial charge in [-0.3, -0.25) is 4.79 Å². The van der Waals surface area contributed by atoms with Gasteiger partial charge in [0.2, 0.25) is 5.91 Å². The van der Waals surface area contributed by atoms with Crippen LogP contribution < -0.4 is 5.32 Å². The van der Waals surface area contributed by atoms with E-state index in [4.69, 9.17) is 0 Å². The van der Waals surface area contributed by atoms with Crippen LogP contribution in [0.5, 0.6) is 0 Å². The highest BCUT2D eigenvalue weighted by molar-refractivity contribution is 9.10. The Morgan fingerprint density at radius 1 is 1.08 bits per heavy atom. The van der Waals surface area contributed by atoms with Crippen molar-refractivity contribution in [2.75, 3.05) is 5.32 Å². The fourth-order valence-electron chi connectivity index (χ4n) is 1.90. The minimum Gasteiger partial charge on any atom is -0.322 e. The zero-order chi connectivity index (χ0) is 18.1. The number of rotatable bonds is 4. The van der Waals surface area contributed by atoms with Gasteiger partial charge in [-0.15, -0.1) is 0 Å². The summed E-state index contributed by atoms with van der Waals surface area (Å²) in [6.07, 6.45) is 0. The van der Waals surface area contributed by atoms with E-state index >= 15 is 0 Å². The lowest BCUT2D eigenvalue weighted by atomic mass is 10.2. The summed E-state index contributed by atoms with van der Waals surface area (Å²) in [4.78, 5) is 12.3. The molecule has 1 amide bonds. The van der Waals surface area contributed by atoms with Gasteiger partial charge < -0.3 is 5.32 Å². The summed E-state index contributed by atoms with van der Waals surface area (Å²) in [6.45, 7) is 2.41. The van der Waals surface area contributed by atoms with Crippen LogP contribution in [-0.2, 0) is 14.6 Å². The van der Waals surface area contributed by atoms with Crippen LogP contribution >= 0.6 is 15.9 Å². The molecule has 0 aromatic heterocycles. The zero-order valence-electron chi connectivity index (χ0n) is 12.8. The van der Waals surface area contributed by atoms with Gasteiger partial charge in [0.05, 0.1) is 10.6 Å². The maximum Gasteiger partial charge on any atom is 0.245 e. The number of hydrogen-bond donors (Lipinski definition) is 1. The van der Waals surface area contributed by atoms with E-state index in [1.807, 2.05) is 0 Å². The number of carbonyl (C=O) groups is 1. The summed E-state index contributed by atoms with van der Waals surface area (Å²) in [6, 6.07) is 8.32. The van der Waals surface area contributed by atoms with Crippen LogP contribution in [0, 0.1) is 11.6 Å². The SMILES string of the molecule is CC(C)(C(=O)Nc1cc(F)ccc1F)S(=O)(=O)c1ccc(Br)cc1. The van der Waals surface area contributed by atoms with E-state index < -0.39 is 37.8 Å². The van der Waals surface area contributed by atoms with E-state index in [1.165, 1.54) is 38.1 Å². The summed E-state index contributed by atoms with van der Waals surface area (Å²) < 4.78 is 51.0. The highest BCUT2D eigenvalue weighted by atomic mass is 79.9. The van der Waals surface area contributed by atoms with Crippen LogP contribution in [0.3, 0.4) is 0 Å². The second-order valence-electron chi connectivity index (χ2n) is 5.55. The fourth-order valence-corrected chi connectivity index (χ4v) is 3.54. The van der Waals surface area contributed by atoms with Gasteiger partial charge in [0.25, 0.3) is 0 Å². The lowest BCUT2D eigenvalue weighted by Gasteiger charge is -2.24. The van der Waals surface area contributed by atoms with E-state index in [-0.39, 0.29) is 4.90 Å². The monoisotopic (exact) mass is 417 g/mol. The molecule has 2 aromatic rings. The van der Waals surface area contributed by atoms with E-state index in [1.54, 1.807) is 0 Å². The molecule has 0 heterocycles. The molecular formula is C16H14BrF2NO3S. The number of hydrogen-bond acceptors (Lipinski definition) is 3. The minimum absolute atomic E-state index is 0.0504. The van der Waals surface area contributed by atoms with Crippen LogP contribution in [-0.4, -0.2) is 19.1 Å². The molecule has 0 bridgehead atoms. The van der Waals surface area contributed by atoms with E-state index in [0.717, 1.165) is 18.2 Å². The van der Waals surface area contributed by atoms with Gasteiger partial charge in [-0.1, -0.05) is 15.9 Å². The first-order chi connectivity index (χ1) is 11.1. The van der Waals surface area contributed by atoms with Gasteiger partial charge >= 0.3 is 0 Å². The average molecular weight is 418 g/mol. The molecule has 24 heavy (non-hydrogen) atoms. The van der Waals surface area contributed by atoms with Gasteiger partial charge in [-0.05, 0) is 50.2 Å². The van der Waals surface area contributed by atoms with Crippen LogP contribution in [0.15, 0.2) is 51.8 Å². The van der Waals surface area contributed by atoms with Crippen molar-refractivity contribution >= 4 is 37.4 Å². The molecule has 0 aliphatic carbocycles. The second kappa shape index (κ2) is 6.60. The molecule has 0 radical (unpaired) electrons. The van der Waals surface area contributed by atoms with Crippen molar-refractivity contribution in [3.8, 4) is 0 Å². The smallest absolute Gasteiger partial charge is 0.245 e. The van der Waals surface area contributed by atoms with Crippen molar-refractivity contribution < 1.29 is 22.0 Å². The van der Waals surface area contributed by atoms with Gasteiger partial charge in [0, 0.05) is 10.5 Å². The lowest BCUT2D eigenvalue weighted by Crippen LogP contribution is -2.44. The number of nitrogens with one attached hydrogen (secondary N) is 1. The van der Waals surface area contributed by atoms with Crippen LogP contribution in [0.1, 0.15) is 13.8 Å². The van der Waals surface area contributed by atoms with Gasteiger partial charge in [0.1, 0.15) is 16.4 Å². The van der Waals surface area contributed by atoms with Gasteiger partial charge in [-0.25, -0.2) is 17.2 Å². The molecule has 128 valence electrons. The normalized spacial score (nSPS) is 12.0. The van der Waals surface area contributed by atoms with E-state index in [9.17, 15) is 22.0 Å². The minimum atomic E-state index is -4.05. The van der Waals surface area contributed by atoms with Crippen LogP contribution in [0.2, 0.25) is 0 Å². The largest absolute Gasteiger partial charge is 0.322 e. The molecule has 2 rings (SSSR count). The predicted molar refractivity (Wildman–Crippen MR) is 90.4 cm³/mol. The number of benzene rings is 2. The topological polar surface area (TPSA) is 63.2 Å². The van der Waals surface area contributed by atoms with Crippen molar-refractivity contribution in [1.82, 2.24) is 0 Å². The lowest BCUT2D eigenvalue weighted by molar-refractivity contribution is -0.117. The fraction of sp³-hybridized carbons (Fsp3) is 0.188. The molecule has 0 saturated heterocycles. The van der Waals surface area contributed by atoms with E-state index in [2.05, 4.69) is 21.2 Å². The molecule has 0 spiro atoms. The Hall–Kier alpha value is -1.80. The molecular weight excluding hydrogens is 404 g/mol. The Morgan fingerprint density at radius 2 is 1.67 bits per heavy atom. The number of amides is 1. The quantitative estimate of drug-likeness (QED) is 0.819. The number of sulfone groups is 1. The highest BCUT2D eigenvalue weighted by Crippen LogP contribution is 2.28. The van der Waals surface area contributed by atoms with Crippen molar-refractivity contribution in [3.63, 3.8) is 0 Å². The first-order valence-electron chi connectivity index (χ1n) is 6.82. The Kier molecular flexibility index (Phi) is 5.10. The number of carbonyl (C=O) groups excluding carboxylic acids is 1. The van der Waals surface area contributed by atoms with Gasteiger partial charge in [0.15, 0.2) is 9.84 Å². The third-order valence-electron chi connectivity index (χ3n) is 3.52. The molecule has 0 atom stereocenters. The molecule has 1 N–H and O–H groups in total. The third kappa shape index (κ3) is 3.49. The summed E-state index contributed by atoms with van der Waals surface area (Å²) in [5.41, 5.74) is -0.418. The number of anilines is 1. The van der Waals surface area contributed by atoms with E-state index in [0.29, 0.717) is 4.47 Å². The summed E-state index contributed by atoms with van der Waals surface area (Å²) in [5.74, 6) is -2.57. The van der Waals surface area contributed by atoms with Crippen molar-refractivity contribution in [3.05, 3.63) is 58.6 Å². The van der Waals surface area contributed by atoms with Crippen LogP contribution in [0.25, 0.3) is 0 Å². The Bertz CT molecular complexity index is 881.